The highest BCUT2D eigenvalue weighted by atomic mass is 19.1. The molecule has 0 saturated heterocycles. The van der Waals surface area contributed by atoms with Crippen molar-refractivity contribution in [3.63, 3.8) is 0 Å². The van der Waals surface area contributed by atoms with Crippen molar-refractivity contribution < 1.29 is 18.4 Å². The van der Waals surface area contributed by atoms with Crippen LogP contribution >= 0.6 is 0 Å². The van der Waals surface area contributed by atoms with E-state index in [0.717, 1.165) is 17.7 Å². The van der Waals surface area contributed by atoms with Crippen molar-refractivity contribution in [1.29, 1.82) is 0 Å². The van der Waals surface area contributed by atoms with E-state index >= 15 is 0 Å². The van der Waals surface area contributed by atoms with Crippen molar-refractivity contribution in [3.05, 3.63) is 101 Å². The second kappa shape index (κ2) is 8.43. The maximum absolute atomic E-state index is 13.7. The molecule has 0 fully saturated rings. The number of nitrogens with zero attached hydrogens (tertiary/aromatic N) is 1. The number of halogens is 2. The third-order valence-corrected chi connectivity index (χ3v) is 4.16. The normalized spacial score (nSPS) is 10.4. The standard InChI is InChI=1S/C22H18F2N2O2/c1-26(14-15-6-3-2-4-7-15)22(28)17-9-5-8-16(12-17)21(27)25-20-11-10-18(23)13-19(20)24/h2-13H,14H2,1H3,(H,25,27). The largest absolute Gasteiger partial charge is 0.337 e. The Hall–Kier alpha value is -3.54. The van der Waals surface area contributed by atoms with Crippen LogP contribution in [0.3, 0.4) is 0 Å². The summed E-state index contributed by atoms with van der Waals surface area (Å²) >= 11 is 0. The van der Waals surface area contributed by atoms with Crippen molar-refractivity contribution in [1.82, 2.24) is 4.90 Å². The van der Waals surface area contributed by atoms with Crippen molar-refractivity contribution in [2.24, 2.45) is 0 Å². The predicted octanol–water partition coefficient (Wildman–Crippen LogP) is 4.49. The highest BCUT2D eigenvalue weighted by Gasteiger charge is 2.15. The molecule has 0 aliphatic heterocycles. The molecule has 3 rings (SSSR count). The molecule has 0 atom stereocenters. The van der Waals surface area contributed by atoms with Gasteiger partial charge in [-0.15, -0.1) is 0 Å². The molecule has 3 aromatic rings. The zero-order valence-electron chi connectivity index (χ0n) is 15.2. The lowest BCUT2D eigenvalue weighted by Crippen LogP contribution is -2.26. The molecule has 4 nitrogen and oxygen atoms in total. The van der Waals surface area contributed by atoms with Crippen LogP contribution in [-0.4, -0.2) is 23.8 Å². The molecule has 0 radical (unpaired) electrons. The van der Waals surface area contributed by atoms with Crippen molar-refractivity contribution in [2.45, 2.75) is 6.54 Å². The number of amides is 2. The fourth-order valence-electron chi connectivity index (χ4n) is 2.73. The fraction of sp³-hybridized carbons (Fsp3) is 0.0909. The van der Waals surface area contributed by atoms with Gasteiger partial charge in [0, 0.05) is 30.8 Å². The summed E-state index contributed by atoms with van der Waals surface area (Å²) in [6.45, 7) is 0.427. The number of anilines is 1. The molecule has 0 bridgehead atoms. The molecule has 0 saturated carbocycles. The van der Waals surface area contributed by atoms with Gasteiger partial charge in [-0.2, -0.15) is 0 Å². The number of nitrogens with one attached hydrogen (secondary N) is 1. The van der Waals surface area contributed by atoms with Gasteiger partial charge in [-0.25, -0.2) is 8.78 Å². The zero-order valence-corrected chi connectivity index (χ0v) is 15.2. The minimum atomic E-state index is -0.872. The van der Waals surface area contributed by atoms with Gasteiger partial charge in [-0.1, -0.05) is 36.4 Å². The van der Waals surface area contributed by atoms with E-state index in [0.29, 0.717) is 18.2 Å². The van der Waals surface area contributed by atoms with Gasteiger partial charge in [0.2, 0.25) is 0 Å². The zero-order chi connectivity index (χ0) is 20.1. The van der Waals surface area contributed by atoms with Gasteiger partial charge in [0.05, 0.1) is 5.69 Å². The van der Waals surface area contributed by atoms with Crippen LogP contribution in [0, 0.1) is 11.6 Å². The lowest BCUT2D eigenvalue weighted by molar-refractivity contribution is 0.0785. The molecule has 0 spiro atoms. The molecule has 1 N–H and O–H groups in total. The Morgan fingerprint density at radius 3 is 2.32 bits per heavy atom. The lowest BCUT2D eigenvalue weighted by Gasteiger charge is -2.17. The summed E-state index contributed by atoms with van der Waals surface area (Å²) in [6.07, 6.45) is 0. The third-order valence-electron chi connectivity index (χ3n) is 4.16. The average Bonchev–Trinajstić information content (AvgIpc) is 2.70. The molecule has 2 amide bonds. The molecule has 0 aliphatic carbocycles. The average molecular weight is 380 g/mol. The van der Waals surface area contributed by atoms with Gasteiger partial charge in [-0.05, 0) is 35.9 Å². The van der Waals surface area contributed by atoms with E-state index in [1.807, 2.05) is 30.3 Å². The lowest BCUT2D eigenvalue weighted by atomic mass is 10.1. The highest BCUT2D eigenvalue weighted by Crippen LogP contribution is 2.17. The molecular formula is C22H18F2N2O2. The predicted molar refractivity (Wildman–Crippen MR) is 103 cm³/mol. The number of carbonyl (C=O) groups is 2. The van der Waals surface area contributed by atoms with Gasteiger partial charge in [0.25, 0.3) is 11.8 Å². The Labute approximate surface area is 161 Å². The van der Waals surface area contributed by atoms with Crippen LogP contribution in [0.5, 0.6) is 0 Å². The van der Waals surface area contributed by atoms with Crippen LogP contribution in [0.25, 0.3) is 0 Å². The van der Waals surface area contributed by atoms with E-state index in [4.69, 9.17) is 0 Å². The second-order valence-electron chi connectivity index (χ2n) is 6.31. The number of hydrogen-bond donors (Lipinski definition) is 1. The van der Waals surface area contributed by atoms with E-state index in [-0.39, 0.29) is 17.2 Å². The topological polar surface area (TPSA) is 49.4 Å². The minimum absolute atomic E-state index is 0.135. The minimum Gasteiger partial charge on any atom is -0.337 e. The van der Waals surface area contributed by atoms with E-state index < -0.39 is 17.5 Å². The van der Waals surface area contributed by atoms with Crippen molar-refractivity contribution in [2.75, 3.05) is 12.4 Å². The molecule has 0 aromatic heterocycles. The molecule has 28 heavy (non-hydrogen) atoms. The van der Waals surface area contributed by atoms with Crippen LogP contribution in [0.4, 0.5) is 14.5 Å². The Morgan fingerprint density at radius 1 is 0.893 bits per heavy atom. The Kier molecular flexibility index (Phi) is 5.79. The summed E-state index contributed by atoms with van der Waals surface area (Å²) in [6, 6.07) is 18.6. The first kappa shape index (κ1) is 19.2. The summed E-state index contributed by atoms with van der Waals surface area (Å²) in [4.78, 5) is 26.6. The van der Waals surface area contributed by atoms with Crippen LogP contribution in [0.15, 0.2) is 72.8 Å². The quantitative estimate of drug-likeness (QED) is 0.709. The Balaban J connectivity index is 1.73. The maximum Gasteiger partial charge on any atom is 0.255 e. The molecular weight excluding hydrogens is 362 g/mol. The van der Waals surface area contributed by atoms with Crippen LogP contribution in [0.1, 0.15) is 26.3 Å². The number of hydrogen-bond acceptors (Lipinski definition) is 2. The van der Waals surface area contributed by atoms with E-state index in [1.165, 1.54) is 12.1 Å². The Morgan fingerprint density at radius 2 is 1.61 bits per heavy atom. The first-order valence-electron chi connectivity index (χ1n) is 8.60. The maximum atomic E-state index is 13.7. The van der Waals surface area contributed by atoms with E-state index in [1.54, 1.807) is 24.1 Å². The molecule has 6 heteroatoms. The van der Waals surface area contributed by atoms with E-state index in [9.17, 15) is 18.4 Å². The third kappa shape index (κ3) is 4.59. The van der Waals surface area contributed by atoms with Crippen LogP contribution in [0.2, 0.25) is 0 Å². The van der Waals surface area contributed by atoms with Crippen LogP contribution in [-0.2, 0) is 6.54 Å². The second-order valence-corrected chi connectivity index (χ2v) is 6.31. The fourth-order valence-corrected chi connectivity index (χ4v) is 2.73. The monoisotopic (exact) mass is 380 g/mol. The van der Waals surface area contributed by atoms with Gasteiger partial charge >= 0.3 is 0 Å². The number of benzene rings is 3. The summed E-state index contributed by atoms with van der Waals surface area (Å²) in [5.41, 5.74) is 1.39. The number of carbonyl (C=O) groups excluding carboxylic acids is 2. The summed E-state index contributed by atoms with van der Waals surface area (Å²) in [5.74, 6) is -2.44. The molecule has 0 heterocycles. The summed E-state index contributed by atoms with van der Waals surface area (Å²) in [5, 5.41) is 2.38. The van der Waals surface area contributed by atoms with E-state index in [2.05, 4.69) is 5.32 Å². The number of rotatable bonds is 5. The van der Waals surface area contributed by atoms with Gasteiger partial charge < -0.3 is 10.2 Å². The first-order chi connectivity index (χ1) is 13.4. The summed E-state index contributed by atoms with van der Waals surface area (Å²) in [7, 11) is 1.68. The molecule has 3 aromatic carbocycles. The smallest absolute Gasteiger partial charge is 0.255 e. The SMILES string of the molecule is CN(Cc1ccccc1)C(=O)c1cccc(C(=O)Nc2ccc(F)cc2F)c1. The highest BCUT2D eigenvalue weighted by molar-refractivity contribution is 6.06. The van der Waals surface area contributed by atoms with Gasteiger partial charge in [0.15, 0.2) is 0 Å². The van der Waals surface area contributed by atoms with Gasteiger partial charge in [-0.3, -0.25) is 9.59 Å². The van der Waals surface area contributed by atoms with Crippen LogP contribution < -0.4 is 5.32 Å². The Bertz CT molecular complexity index is 1010. The van der Waals surface area contributed by atoms with Gasteiger partial charge in [0.1, 0.15) is 11.6 Å². The molecule has 0 unspecified atom stereocenters. The molecule has 142 valence electrons. The summed E-state index contributed by atoms with van der Waals surface area (Å²) < 4.78 is 26.7. The van der Waals surface area contributed by atoms with Crippen molar-refractivity contribution >= 4 is 17.5 Å². The molecule has 0 aliphatic rings. The first-order valence-corrected chi connectivity index (χ1v) is 8.60. The van der Waals surface area contributed by atoms with Crippen molar-refractivity contribution in [3.8, 4) is 0 Å².